The van der Waals surface area contributed by atoms with Crippen LogP contribution in [0.25, 0.3) is 11.3 Å². The summed E-state index contributed by atoms with van der Waals surface area (Å²) in [6.45, 7) is 0. The van der Waals surface area contributed by atoms with Crippen LogP contribution in [0.5, 0.6) is 0 Å². The predicted molar refractivity (Wildman–Crippen MR) is 69.3 cm³/mol. The number of benzene rings is 1. The van der Waals surface area contributed by atoms with Crippen molar-refractivity contribution in [3.8, 4) is 11.3 Å². The molecule has 5 heteroatoms. The maximum absolute atomic E-state index is 11.0. The molecule has 0 atom stereocenters. The highest BCUT2D eigenvalue weighted by molar-refractivity contribution is 5.72. The van der Waals surface area contributed by atoms with Crippen LogP contribution in [0.4, 0.5) is 4.79 Å². The van der Waals surface area contributed by atoms with Gasteiger partial charge in [0.05, 0.1) is 11.4 Å². The lowest BCUT2D eigenvalue weighted by molar-refractivity contribution is 0.196. The summed E-state index contributed by atoms with van der Waals surface area (Å²) in [6, 6.07) is 11.6. The largest absolute Gasteiger partial charge is 0.464 e. The Morgan fingerprint density at radius 1 is 1.16 bits per heavy atom. The molecule has 0 fully saturated rings. The maximum Gasteiger partial charge on any atom is 0.415 e. The minimum Gasteiger partial charge on any atom is -0.464 e. The number of rotatable bonds is 2. The summed E-state index contributed by atoms with van der Waals surface area (Å²) in [6.07, 6.45) is 2.64. The van der Waals surface area contributed by atoms with Crippen LogP contribution in [0, 0.1) is 0 Å². The molecule has 3 rings (SSSR count). The van der Waals surface area contributed by atoms with Crippen LogP contribution in [-0.4, -0.2) is 26.0 Å². The van der Waals surface area contributed by atoms with E-state index in [-0.39, 0.29) is 0 Å². The molecule has 2 heterocycles. The molecule has 0 unspecified atom stereocenters. The van der Waals surface area contributed by atoms with Crippen molar-refractivity contribution in [3.63, 3.8) is 0 Å². The van der Waals surface area contributed by atoms with Crippen molar-refractivity contribution < 1.29 is 9.90 Å². The zero-order chi connectivity index (χ0) is 13.2. The standard InChI is InChI=1S/C14H11N3O2/c18-14(19)17-7-6-12-11(9-17)13(16-15-12)8-10-4-2-1-3-5-10/h1-7,9H,8H2,(H,18,19). The third kappa shape index (κ3) is 2.18. The first-order valence-electron chi connectivity index (χ1n) is 5.84. The third-order valence-electron chi connectivity index (χ3n) is 2.96. The van der Waals surface area contributed by atoms with E-state index in [1.165, 1.54) is 6.20 Å². The van der Waals surface area contributed by atoms with Gasteiger partial charge in [0.25, 0.3) is 0 Å². The number of nitrogens with zero attached hydrogens (tertiary/aromatic N) is 3. The smallest absolute Gasteiger partial charge is 0.415 e. The number of hydrogen-bond donors (Lipinski definition) is 1. The number of carboxylic acid groups (broad SMARTS) is 1. The molecular formula is C14H11N3O2. The summed E-state index contributed by atoms with van der Waals surface area (Å²) >= 11 is 0. The van der Waals surface area contributed by atoms with E-state index in [4.69, 9.17) is 5.11 Å². The average Bonchev–Trinajstić information content (AvgIpc) is 2.82. The number of aromatic nitrogens is 3. The minimum absolute atomic E-state index is 0.640. The van der Waals surface area contributed by atoms with Crippen LogP contribution in [0.15, 0.2) is 48.8 Å². The molecule has 19 heavy (non-hydrogen) atoms. The van der Waals surface area contributed by atoms with Crippen molar-refractivity contribution in [2.75, 3.05) is 0 Å². The molecule has 0 amide bonds. The molecule has 0 radical (unpaired) electrons. The van der Waals surface area contributed by atoms with Gasteiger partial charge in [-0.2, -0.15) is 10.2 Å². The van der Waals surface area contributed by atoms with E-state index in [2.05, 4.69) is 10.2 Å². The van der Waals surface area contributed by atoms with Crippen molar-refractivity contribution in [1.82, 2.24) is 14.8 Å². The van der Waals surface area contributed by atoms with Crippen molar-refractivity contribution in [2.24, 2.45) is 0 Å². The molecule has 0 saturated heterocycles. The first-order chi connectivity index (χ1) is 9.24. The molecule has 0 saturated carbocycles. The van der Waals surface area contributed by atoms with E-state index in [0.717, 1.165) is 21.4 Å². The molecule has 94 valence electrons. The fourth-order valence-electron chi connectivity index (χ4n) is 2.01. The average molecular weight is 253 g/mol. The van der Waals surface area contributed by atoms with Gasteiger partial charge in [0, 0.05) is 24.4 Å². The van der Waals surface area contributed by atoms with E-state index >= 15 is 0 Å². The quantitative estimate of drug-likeness (QED) is 0.761. The van der Waals surface area contributed by atoms with E-state index in [1.807, 2.05) is 30.3 Å². The Kier molecular flexibility index (Phi) is 2.72. The second kappa shape index (κ2) is 4.53. The summed E-state index contributed by atoms with van der Waals surface area (Å²) in [7, 11) is 0. The second-order valence-electron chi connectivity index (χ2n) is 4.24. The molecule has 0 spiro atoms. The first kappa shape index (κ1) is 11.4. The van der Waals surface area contributed by atoms with Gasteiger partial charge in [0.1, 0.15) is 0 Å². The highest BCUT2D eigenvalue weighted by Gasteiger charge is 2.15. The van der Waals surface area contributed by atoms with E-state index in [1.54, 1.807) is 12.3 Å². The number of fused-ring (bicyclic) bond motifs is 1. The molecule has 0 aliphatic carbocycles. The number of carbonyl (C=O) groups is 1. The monoisotopic (exact) mass is 253 g/mol. The maximum atomic E-state index is 11.0. The Balaban J connectivity index is 2.01. The fraction of sp³-hybridized carbons (Fsp3) is 0.0714. The van der Waals surface area contributed by atoms with Gasteiger partial charge in [0.2, 0.25) is 0 Å². The Bertz CT molecular complexity index is 691. The molecule has 1 aromatic rings. The van der Waals surface area contributed by atoms with Crippen molar-refractivity contribution >= 4 is 6.09 Å². The van der Waals surface area contributed by atoms with Gasteiger partial charge in [-0.05, 0) is 11.6 Å². The van der Waals surface area contributed by atoms with Crippen molar-refractivity contribution in [3.05, 3.63) is 60.0 Å². The van der Waals surface area contributed by atoms with Crippen LogP contribution in [0.3, 0.4) is 0 Å². The molecular weight excluding hydrogens is 242 g/mol. The summed E-state index contributed by atoms with van der Waals surface area (Å²) in [4.78, 5) is 11.0. The SMILES string of the molecule is O=C(O)n1ccc2nnc(Cc3ccccc3)c-2c1. The van der Waals surface area contributed by atoms with Gasteiger partial charge in [-0.1, -0.05) is 30.3 Å². The van der Waals surface area contributed by atoms with Gasteiger partial charge >= 0.3 is 6.09 Å². The molecule has 5 nitrogen and oxygen atoms in total. The van der Waals surface area contributed by atoms with Crippen molar-refractivity contribution in [1.29, 1.82) is 0 Å². The summed E-state index contributed by atoms with van der Waals surface area (Å²) < 4.78 is 1.11. The van der Waals surface area contributed by atoms with Crippen LogP contribution in [0.2, 0.25) is 0 Å². The fourth-order valence-corrected chi connectivity index (χ4v) is 2.01. The highest BCUT2D eigenvalue weighted by Crippen LogP contribution is 2.24. The number of pyridine rings is 1. The lowest BCUT2D eigenvalue weighted by atomic mass is 10.1. The van der Waals surface area contributed by atoms with Crippen LogP contribution >= 0.6 is 0 Å². The van der Waals surface area contributed by atoms with E-state index in [0.29, 0.717) is 12.1 Å². The Labute approximate surface area is 109 Å². The lowest BCUT2D eigenvalue weighted by Gasteiger charge is -2.04. The van der Waals surface area contributed by atoms with Crippen LogP contribution in [0.1, 0.15) is 11.3 Å². The lowest BCUT2D eigenvalue weighted by Crippen LogP contribution is -2.08. The molecule has 0 bridgehead atoms. The third-order valence-corrected chi connectivity index (χ3v) is 2.96. The Hall–Kier alpha value is -2.69. The second-order valence-corrected chi connectivity index (χ2v) is 4.24. The predicted octanol–water partition coefficient (Wildman–Crippen LogP) is 2.50. The van der Waals surface area contributed by atoms with Gasteiger partial charge < -0.3 is 5.11 Å². The Morgan fingerprint density at radius 2 is 1.95 bits per heavy atom. The van der Waals surface area contributed by atoms with Crippen molar-refractivity contribution in [2.45, 2.75) is 6.42 Å². The van der Waals surface area contributed by atoms with E-state index in [9.17, 15) is 4.79 Å². The minimum atomic E-state index is -1.02. The Morgan fingerprint density at radius 3 is 2.68 bits per heavy atom. The molecule has 1 N–H and O–H groups in total. The molecule has 2 aliphatic rings. The van der Waals surface area contributed by atoms with Crippen LogP contribution in [-0.2, 0) is 6.42 Å². The van der Waals surface area contributed by atoms with E-state index < -0.39 is 6.09 Å². The molecule has 1 aromatic carbocycles. The zero-order valence-electron chi connectivity index (χ0n) is 10.0. The number of hydrogen-bond acceptors (Lipinski definition) is 3. The van der Waals surface area contributed by atoms with Gasteiger partial charge in [-0.25, -0.2) is 4.79 Å². The molecule has 0 aromatic heterocycles. The van der Waals surface area contributed by atoms with Gasteiger partial charge in [-0.15, -0.1) is 0 Å². The first-order valence-corrected chi connectivity index (χ1v) is 5.84. The normalized spacial score (nSPS) is 10.7. The zero-order valence-corrected chi connectivity index (χ0v) is 10.0. The summed E-state index contributed by atoms with van der Waals surface area (Å²) in [5, 5.41) is 17.2. The van der Waals surface area contributed by atoms with Gasteiger partial charge in [-0.3, -0.25) is 4.57 Å². The van der Waals surface area contributed by atoms with Crippen LogP contribution < -0.4 is 0 Å². The summed E-state index contributed by atoms with van der Waals surface area (Å²) in [5.74, 6) is 0. The molecule has 2 aliphatic heterocycles. The highest BCUT2D eigenvalue weighted by atomic mass is 16.4. The van der Waals surface area contributed by atoms with Gasteiger partial charge in [0.15, 0.2) is 0 Å². The summed E-state index contributed by atoms with van der Waals surface area (Å²) in [5.41, 5.74) is 3.39. The topological polar surface area (TPSA) is 68.0 Å².